The summed E-state index contributed by atoms with van der Waals surface area (Å²) in [6.07, 6.45) is 3.21. The van der Waals surface area contributed by atoms with Gasteiger partial charge in [-0.05, 0) is 53.1 Å². The normalized spacial score (nSPS) is 13.6. The highest BCUT2D eigenvalue weighted by Gasteiger charge is 2.33. The molecule has 37 heavy (non-hydrogen) atoms. The first-order valence-electron chi connectivity index (χ1n) is 11.9. The highest BCUT2D eigenvalue weighted by atomic mass is 32.1. The molecular formula is C28H24N6O2S. The summed E-state index contributed by atoms with van der Waals surface area (Å²) in [4.78, 5) is 39.8. The number of nitrogens with two attached hydrogens (primary N) is 1. The monoisotopic (exact) mass is 508 g/mol. The Morgan fingerprint density at radius 2 is 1.97 bits per heavy atom. The van der Waals surface area contributed by atoms with E-state index in [4.69, 9.17) is 10.7 Å². The minimum absolute atomic E-state index is 0.00439. The molecule has 8 nitrogen and oxygen atoms in total. The molecule has 4 heterocycles. The summed E-state index contributed by atoms with van der Waals surface area (Å²) in [6.45, 7) is 4.74. The van der Waals surface area contributed by atoms with Gasteiger partial charge >= 0.3 is 0 Å². The average Bonchev–Trinajstić information content (AvgIpc) is 3.23. The van der Waals surface area contributed by atoms with Gasteiger partial charge < -0.3 is 16.0 Å². The zero-order valence-corrected chi connectivity index (χ0v) is 21.2. The molecule has 0 radical (unpaired) electrons. The average molecular weight is 509 g/mol. The van der Waals surface area contributed by atoms with Gasteiger partial charge in [0.1, 0.15) is 5.82 Å². The van der Waals surface area contributed by atoms with Crippen molar-refractivity contribution in [3.8, 4) is 11.1 Å². The highest BCUT2D eigenvalue weighted by molar-refractivity contribution is 7.17. The number of pyridine rings is 1. The van der Waals surface area contributed by atoms with Crippen LogP contribution in [0.2, 0.25) is 0 Å². The van der Waals surface area contributed by atoms with Gasteiger partial charge in [-0.1, -0.05) is 18.2 Å². The molecule has 0 saturated carbocycles. The van der Waals surface area contributed by atoms with Crippen LogP contribution in [-0.4, -0.2) is 44.8 Å². The Labute approximate surface area is 217 Å². The van der Waals surface area contributed by atoms with Crippen LogP contribution in [0, 0.1) is 6.92 Å². The fourth-order valence-corrected chi connectivity index (χ4v) is 5.74. The van der Waals surface area contributed by atoms with Gasteiger partial charge in [0.15, 0.2) is 0 Å². The van der Waals surface area contributed by atoms with Gasteiger partial charge in [0.25, 0.3) is 5.91 Å². The van der Waals surface area contributed by atoms with Crippen molar-refractivity contribution in [2.45, 2.75) is 19.8 Å². The number of anilines is 2. The first kappa shape index (κ1) is 23.1. The number of likely N-dealkylation sites (tertiary alicyclic amines) is 1. The zero-order chi connectivity index (χ0) is 25.7. The second kappa shape index (κ2) is 8.94. The molecule has 2 aromatic carbocycles. The molecule has 184 valence electrons. The molecule has 1 fully saturated rings. The van der Waals surface area contributed by atoms with Crippen LogP contribution in [0.1, 0.15) is 34.5 Å². The Kier molecular flexibility index (Phi) is 5.57. The number of hydrogen-bond acceptors (Lipinski definition) is 7. The summed E-state index contributed by atoms with van der Waals surface area (Å²) in [5.41, 5.74) is 12.0. The number of para-hydroxylation sites is 1. The third-order valence-electron chi connectivity index (χ3n) is 6.86. The van der Waals surface area contributed by atoms with Crippen molar-refractivity contribution in [3.63, 3.8) is 0 Å². The van der Waals surface area contributed by atoms with Gasteiger partial charge in [-0.2, -0.15) is 0 Å². The lowest BCUT2D eigenvalue weighted by Crippen LogP contribution is -2.48. The van der Waals surface area contributed by atoms with Crippen LogP contribution in [-0.2, 0) is 4.79 Å². The van der Waals surface area contributed by atoms with E-state index in [1.807, 2.05) is 18.2 Å². The van der Waals surface area contributed by atoms with Crippen LogP contribution >= 0.6 is 11.3 Å². The summed E-state index contributed by atoms with van der Waals surface area (Å²) < 4.78 is 1.25. The molecule has 2 amide bonds. The van der Waals surface area contributed by atoms with Crippen LogP contribution in [0.25, 0.3) is 32.2 Å². The molecule has 1 saturated heterocycles. The number of benzene rings is 2. The molecule has 5 aromatic rings. The molecule has 0 atom stereocenters. The fourth-order valence-electron chi connectivity index (χ4n) is 4.81. The van der Waals surface area contributed by atoms with E-state index in [9.17, 15) is 9.59 Å². The number of primary amides is 1. The summed E-state index contributed by atoms with van der Waals surface area (Å²) in [5.74, 6) is -0.0779. The van der Waals surface area contributed by atoms with Crippen molar-refractivity contribution in [1.82, 2.24) is 19.9 Å². The van der Waals surface area contributed by atoms with E-state index in [0.717, 1.165) is 22.2 Å². The summed E-state index contributed by atoms with van der Waals surface area (Å²) >= 11 is 1.74. The van der Waals surface area contributed by atoms with Crippen LogP contribution in [0.15, 0.2) is 60.2 Å². The lowest BCUT2D eigenvalue weighted by atomic mass is 9.93. The van der Waals surface area contributed by atoms with Crippen LogP contribution in [0.3, 0.4) is 0 Å². The Bertz CT molecular complexity index is 1710. The Morgan fingerprint density at radius 3 is 2.76 bits per heavy atom. The number of aromatic nitrogens is 3. The van der Waals surface area contributed by atoms with E-state index >= 15 is 0 Å². The van der Waals surface area contributed by atoms with Crippen molar-refractivity contribution in [2.24, 2.45) is 5.73 Å². The number of rotatable bonds is 5. The molecule has 9 heteroatoms. The van der Waals surface area contributed by atoms with E-state index in [-0.39, 0.29) is 11.8 Å². The molecule has 3 N–H and O–H groups in total. The molecule has 0 aliphatic carbocycles. The summed E-state index contributed by atoms with van der Waals surface area (Å²) in [7, 11) is 0. The van der Waals surface area contributed by atoms with Crippen molar-refractivity contribution in [2.75, 3.05) is 18.4 Å². The molecule has 3 aromatic heterocycles. The maximum Gasteiger partial charge on any atom is 0.250 e. The quantitative estimate of drug-likeness (QED) is 0.345. The minimum atomic E-state index is -0.567. The number of nitrogens with one attached hydrogen (secondary N) is 1. The third-order valence-corrected chi connectivity index (χ3v) is 7.94. The second-order valence-electron chi connectivity index (χ2n) is 9.29. The van der Waals surface area contributed by atoms with Crippen molar-refractivity contribution in [1.29, 1.82) is 0 Å². The molecule has 1 aliphatic heterocycles. The van der Waals surface area contributed by atoms with E-state index in [0.29, 0.717) is 35.9 Å². The lowest BCUT2D eigenvalue weighted by Gasteiger charge is -2.39. The first-order chi connectivity index (χ1) is 17.9. The van der Waals surface area contributed by atoms with Crippen molar-refractivity contribution < 1.29 is 9.59 Å². The standard InChI is InChI=1S/C28H24N6O2S/c1-15-14-37-23-7-6-17(10-21(15)23)19-4-3-5-22-26(19)32-24(11-31-22)33-27-20(28(29)36)8-9-30-25(27)18-12-34(13-18)16(2)35/h3-11,14,18H,12-13H2,1-2H3,(H2,29,36)(H,32,33). The van der Waals surface area contributed by atoms with E-state index in [1.165, 1.54) is 15.6 Å². The largest absolute Gasteiger partial charge is 0.366 e. The number of fused-ring (bicyclic) bond motifs is 2. The number of carbonyl (C=O) groups is 2. The van der Waals surface area contributed by atoms with E-state index in [1.54, 1.807) is 41.6 Å². The van der Waals surface area contributed by atoms with Gasteiger partial charge in [-0.3, -0.25) is 19.6 Å². The predicted octanol–water partition coefficient (Wildman–Crippen LogP) is 5.00. The Balaban J connectivity index is 1.42. The topological polar surface area (TPSA) is 114 Å². The maximum absolute atomic E-state index is 12.3. The number of carbonyl (C=O) groups excluding carboxylic acids is 2. The number of thiophene rings is 1. The predicted molar refractivity (Wildman–Crippen MR) is 146 cm³/mol. The Morgan fingerprint density at radius 1 is 1.14 bits per heavy atom. The summed E-state index contributed by atoms with van der Waals surface area (Å²) in [5, 5.41) is 6.68. The fraction of sp³-hybridized carbons (Fsp3) is 0.179. The molecule has 0 spiro atoms. The van der Waals surface area contributed by atoms with Gasteiger partial charge in [-0.15, -0.1) is 11.3 Å². The van der Waals surface area contributed by atoms with E-state index in [2.05, 4.69) is 45.8 Å². The van der Waals surface area contributed by atoms with E-state index < -0.39 is 5.91 Å². The van der Waals surface area contributed by atoms with Crippen LogP contribution < -0.4 is 11.1 Å². The number of amides is 2. The second-order valence-corrected chi connectivity index (χ2v) is 10.2. The molecule has 6 rings (SSSR count). The van der Waals surface area contributed by atoms with Gasteiger partial charge in [-0.25, -0.2) is 4.98 Å². The SMILES string of the molecule is CC(=O)N1CC(c2nccc(C(N)=O)c2Nc2cnc3cccc(-c4ccc5scc(C)c5c4)c3n2)C1. The summed E-state index contributed by atoms with van der Waals surface area (Å²) in [6, 6.07) is 14.0. The van der Waals surface area contributed by atoms with Gasteiger partial charge in [0.05, 0.1) is 34.2 Å². The van der Waals surface area contributed by atoms with Crippen LogP contribution in [0.5, 0.6) is 0 Å². The maximum atomic E-state index is 12.3. The highest BCUT2D eigenvalue weighted by Crippen LogP contribution is 2.36. The number of nitrogens with zero attached hydrogens (tertiary/aromatic N) is 4. The smallest absolute Gasteiger partial charge is 0.250 e. The third kappa shape index (κ3) is 4.07. The number of hydrogen-bond donors (Lipinski definition) is 2. The van der Waals surface area contributed by atoms with Crippen molar-refractivity contribution >= 4 is 55.8 Å². The first-order valence-corrected chi connectivity index (χ1v) is 12.8. The molecule has 1 aliphatic rings. The minimum Gasteiger partial charge on any atom is -0.366 e. The zero-order valence-electron chi connectivity index (χ0n) is 20.4. The van der Waals surface area contributed by atoms with Crippen molar-refractivity contribution in [3.05, 3.63) is 77.1 Å². The molecule has 0 unspecified atom stereocenters. The van der Waals surface area contributed by atoms with Crippen LogP contribution in [0.4, 0.5) is 11.5 Å². The Hall–Kier alpha value is -4.37. The lowest BCUT2D eigenvalue weighted by molar-refractivity contribution is -0.133. The van der Waals surface area contributed by atoms with Gasteiger partial charge in [0.2, 0.25) is 5.91 Å². The molecular weight excluding hydrogens is 484 g/mol. The molecule has 0 bridgehead atoms. The number of aryl methyl sites for hydroxylation is 1. The van der Waals surface area contributed by atoms with Gasteiger partial charge in [0, 0.05) is 42.4 Å².